The number of halogens is 1. The lowest BCUT2D eigenvalue weighted by atomic mass is 10.2. The Labute approximate surface area is 290 Å². The lowest BCUT2D eigenvalue weighted by molar-refractivity contribution is 0.356. The Kier molecular flexibility index (Phi) is 8.75. The van der Waals surface area contributed by atoms with Crippen LogP contribution in [0.3, 0.4) is 0 Å². The van der Waals surface area contributed by atoms with E-state index in [9.17, 15) is 0 Å². The number of H-pyrrole nitrogens is 2. The number of hydrogen-bond acceptors (Lipinski definition) is 12. The summed E-state index contributed by atoms with van der Waals surface area (Å²) in [5, 5.41) is 24.4. The van der Waals surface area contributed by atoms with Gasteiger partial charge in [-0.2, -0.15) is 15.2 Å². The van der Waals surface area contributed by atoms with Gasteiger partial charge in [-0.15, -0.1) is 0 Å². The zero-order chi connectivity index (χ0) is 34.8. The van der Waals surface area contributed by atoms with Gasteiger partial charge in [0.05, 0.1) is 62.9 Å². The third kappa shape index (κ3) is 6.39. The van der Waals surface area contributed by atoms with Crippen molar-refractivity contribution in [2.24, 2.45) is 0 Å². The van der Waals surface area contributed by atoms with Gasteiger partial charge in [0.15, 0.2) is 23.0 Å². The molecule has 0 aliphatic rings. The Morgan fingerprint density at radius 2 is 1.02 bits per heavy atom. The fourth-order valence-corrected chi connectivity index (χ4v) is 5.68. The van der Waals surface area contributed by atoms with E-state index in [1.165, 1.54) is 0 Å². The molecule has 14 nitrogen and oxygen atoms in total. The summed E-state index contributed by atoms with van der Waals surface area (Å²) >= 11 is 6.09. The average Bonchev–Trinajstić information content (AvgIpc) is 3.80. The van der Waals surface area contributed by atoms with Crippen molar-refractivity contribution < 1.29 is 18.9 Å². The summed E-state index contributed by atoms with van der Waals surface area (Å²) in [7, 11) is 6.38. The van der Waals surface area contributed by atoms with Crippen molar-refractivity contribution in [2.75, 3.05) is 39.1 Å². The molecule has 0 unspecified atom stereocenters. The van der Waals surface area contributed by atoms with Crippen molar-refractivity contribution >= 4 is 78.2 Å². The van der Waals surface area contributed by atoms with Crippen LogP contribution in [0.5, 0.6) is 23.0 Å². The first-order valence-electron chi connectivity index (χ1n) is 15.3. The molecule has 4 N–H and O–H groups in total. The molecule has 15 heteroatoms. The van der Waals surface area contributed by atoms with Crippen LogP contribution >= 0.6 is 11.6 Å². The Bertz CT molecular complexity index is 2330. The summed E-state index contributed by atoms with van der Waals surface area (Å²) in [6.07, 6.45) is 3.55. The van der Waals surface area contributed by atoms with Gasteiger partial charge in [-0.3, -0.25) is 10.2 Å². The molecule has 4 aromatic heterocycles. The van der Waals surface area contributed by atoms with Gasteiger partial charge in [0.2, 0.25) is 5.28 Å². The molecule has 0 radical (unpaired) electrons. The van der Waals surface area contributed by atoms with Crippen molar-refractivity contribution in [1.82, 2.24) is 40.3 Å². The highest BCUT2D eigenvalue weighted by atomic mass is 35.5. The minimum atomic E-state index is 0.145. The van der Waals surface area contributed by atoms with E-state index in [0.717, 1.165) is 49.5 Å². The normalized spacial score (nSPS) is 11.0. The van der Waals surface area contributed by atoms with E-state index in [2.05, 4.69) is 51.0 Å². The number of fused-ring (bicyclic) bond motifs is 4. The van der Waals surface area contributed by atoms with Gasteiger partial charge >= 0.3 is 0 Å². The second-order valence-corrected chi connectivity index (χ2v) is 11.3. The molecule has 8 rings (SSSR count). The third-order valence-electron chi connectivity index (χ3n) is 7.89. The second-order valence-electron chi connectivity index (χ2n) is 11.0. The molecule has 4 heterocycles. The summed E-state index contributed by atoms with van der Waals surface area (Å²) in [6, 6.07) is 19.1. The van der Waals surface area contributed by atoms with Crippen LogP contribution in [-0.4, -0.2) is 68.8 Å². The Morgan fingerprint density at radius 1 is 0.560 bits per heavy atom. The maximum Gasteiger partial charge on any atom is 0.224 e. The summed E-state index contributed by atoms with van der Waals surface area (Å²) in [5.41, 5.74) is 5.17. The van der Waals surface area contributed by atoms with E-state index in [0.29, 0.717) is 46.0 Å². The quantitative estimate of drug-likeness (QED) is 0.116. The maximum atomic E-state index is 6.09. The third-order valence-corrected chi connectivity index (χ3v) is 8.06. The van der Waals surface area contributed by atoms with Gasteiger partial charge in [-0.05, 0) is 67.1 Å². The fourth-order valence-electron chi connectivity index (χ4n) is 5.50. The maximum absolute atomic E-state index is 6.09. The number of rotatable bonds is 8. The minimum Gasteiger partial charge on any atom is -0.493 e. The zero-order valence-electron chi connectivity index (χ0n) is 27.6. The summed E-state index contributed by atoms with van der Waals surface area (Å²) in [6.45, 7) is 1.86. The summed E-state index contributed by atoms with van der Waals surface area (Å²) < 4.78 is 21.5. The van der Waals surface area contributed by atoms with Gasteiger partial charge in [0.25, 0.3) is 0 Å². The number of anilines is 4. The number of aromatic nitrogens is 8. The van der Waals surface area contributed by atoms with Gasteiger partial charge in [0, 0.05) is 45.1 Å². The monoisotopic (exact) mass is 690 g/mol. The molecule has 252 valence electrons. The Balaban J connectivity index is 0.000000157. The number of nitrogens with one attached hydrogen (secondary N) is 4. The molecule has 50 heavy (non-hydrogen) atoms. The van der Waals surface area contributed by atoms with Gasteiger partial charge in [0.1, 0.15) is 17.5 Å². The largest absolute Gasteiger partial charge is 0.493 e. The molecule has 8 aromatic rings. The summed E-state index contributed by atoms with van der Waals surface area (Å²) in [4.78, 5) is 17.6. The molecule has 0 amide bonds. The Hall–Kier alpha value is -6.41. The highest BCUT2D eigenvalue weighted by Gasteiger charge is 2.15. The molecular weight excluding hydrogens is 660 g/mol. The van der Waals surface area contributed by atoms with Crippen molar-refractivity contribution in [3.05, 3.63) is 84.2 Å². The number of aryl methyl sites for hydroxylation is 1. The van der Waals surface area contributed by atoms with Crippen LogP contribution in [0.25, 0.3) is 43.6 Å². The van der Waals surface area contributed by atoms with Crippen molar-refractivity contribution in [3.63, 3.8) is 0 Å². The Morgan fingerprint density at radius 3 is 1.52 bits per heavy atom. The first kappa shape index (κ1) is 32.2. The van der Waals surface area contributed by atoms with E-state index >= 15 is 0 Å². The van der Waals surface area contributed by atoms with Crippen LogP contribution < -0.4 is 29.6 Å². The molecule has 0 bridgehead atoms. The van der Waals surface area contributed by atoms with Crippen LogP contribution in [0, 0.1) is 6.92 Å². The SMILES string of the molecule is COc1cc2nc(C)nc(Nc3ccc4[nH]ncc4c3)c2cc1OC.COc1cc2nc(Cl)nc(Nc3ccc4[nH]ncc4c3)c2cc1OC. The molecular formula is C35H31ClN10O4. The van der Waals surface area contributed by atoms with Crippen LogP contribution in [-0.2, 0) is 0 Å². The first-order chi connectivity index (χ1) is 24.3. The van der Waals surface area contributed by atoms with Gasteiger partial charge in [-0.25, -0.2) is 15.0 Å². The lowest BCUT2D eigenvalue weighted by Crippen LogP contribution is -2.00. The molecule has 4 aromatic carbocycles. The van der Waals surface area contributed by atoms with E-state index in [-0.39, 0.29) is 5.28 Å². The molecule has 0 atom stereocenters. The van der Waals surface area contributed by atoms with E-state index in [4.69, 9.17) is 30.5 Å². The second kappa shape index (κ2) is 13.6. The predicted octanol–water partition coefficient (Wildman–Crippen LogP) is 7.50. The highest BCUT2D eigenvalue weighted by molar-refractivity contribution is 6.29. The van der Waals surface area contributed by atoms with Crippen LogP contribution in [0.15, 0.2) is 73.1 Å². The van der Waals surface area contributed by atoms with E-state index < -0.39 is 0 Å². The highest BCUT2D eigenvalue weighted by Crippen LogP contribution is 2.37. The topological polar surface area (TPSA) is 170 Å². The molecule has 0 fully saturated rings. The van der Waals surface area contributed by atoms with Crippen molar-refractivity contribution in [2.45, 2.75) is 6.92 Å². The standard InChI is InChI=1S/C18H17N5O2.C17H14ClN5O2/c1-10-20-15-8-17(25-3)16(24-2)7-13(15)18(21-10)22-12-4-5-14-11(6-12)9-19-23-14;1-24-14-6-11-13(7-15(14)25-2)21-17(18)22-16(11)20-10-3-4-12-9(5-10)8-19-23-12/h4-9H,1-3H3,(H,19,23)(H,20,21,22);3-8H,1-2H3,(H,19,23)(H,20,21,22). The summed E-state index contributed by atoms with van der Waals surface area (Å²) in [5.74, 6) is 4.41. The van der Waals surface area contributed by atoms with Crippen LogP contribution in [0.4, 0.5) is 23.0 Å². The molecule has 0 aliphatic carbocycles. The van der Waals surface area contributed by atoms with E-state index in [1.54, 1.807) is 46.9 Å². The van der Waals surface area contributed by atoms with Crippen molar-refractivity contribution in [3.8, 4) is 23.0 Å². The number of nitrogens with zero attached hydrogens (tertiary/aromatic N) is 6. The number of ether oxygens (including phenoxy) is 4. The number of methoxy groups -OCH3 is 4. The first-order valence-corrected chi connectivity index (χ1v) is 15.6. The lowest BCUT2D eigenvalue weighted by Gasteiger charge is -2.13. The molecule has 0 spiro atoms. The van der Waals surface area contributed by atoms with E-state index in [1.807, 2.05) is 61.5 Å². The minimum absolute atomic E-state index is 0.145. The average molecular weight is 691 g/mol. The van der Waals surface area contributed by atoms with Crippen LogP contribution in [0.1, 0.15) is 5.82 Å². The number of aromatic amines is 2. The smallest absolute Gasteiger partial charge is 0.224 e. The van der Waals surface area contributed by atoms with Gasteiger partial charge < -0.3 is 29.6 Å². The van der Waals surface area contributed by atoms with Gasteiger partial charge in [-0.1, -0.05) is 0 Å². The molecule has 0 saturated carbocycles. The van der Waals surface area contributed by atoms with Crippen LogP contribution in [0.2, 0.25) is 5.28 Å². The number of hydrogen-bond donors (Lipinski definition) is 4. The zero-order valence-corrected chi connectivity index (χ0v) is 28.4. The van der Waals surface area contributed by atoms with Crippen molar-refractivity contribution in [1.29, 1.82) is 0 Å². The molecule has 0 saturated heterocycles. The fraction of sp³-hybridized carbons (Fsp3) is 0.143. The number of benzene rings is 4. The molecule has 0 aliphatic heterocycles. The predicted molar refractivity (Wildman–Crippen MR) is 194 cm³/mol.